The van der Waals surface area contributed by atoms with Crippen molar-refractivity contribution in [2.45, 2.75) is 26.4 Å². The maximum absolute atomic E-state index is 13.1. The van der Waals surface area contributed by atoms with Gasteiger partial charge in [-0.05, 0) is 45.0 Å². The zero-order valence-corrected chi connectivity index (χ0v) is 17.7. The molecule has 3 aromatic carbocycles. The molecule has 0 spiro atoms. The molecule has 0 fully saturated rings. The van der Waals surface area contributed by atoms with Crippen LogP contribution >= 0.6 is 0 Å². The third kappa shape index (κ3) is 5.47. The summed E-state index contributed by atoms with van der Waals surface area (Å²) in [4.78, 5) is 13.1. The molecule has 0 atom stereocenters. The molecule has 0 saturated heterocycles. The van der Waals surface area contributed by atoms with Crippen LogP contribution in [0.4, 0.5) is 10.5 Å². The number of rotatable bonds is 5. The van der Waals surface area contributed by atoms with E-state index in [2.05, 4.69) is 0 Å². The summed E-state index contributed by atoms with van der Waals surface area (Å²) in [5.41, 5.74) is 2.38. The Labute approximate surface area is 177 Å². The maximum Gasteiger partial charge on any atom is 0.435 e. The van der Waals surface area contributed by atoms with Gasteiger partial charge in [0.25, 0.3) is 0 Å². The van der Waals surface area contributed by atoms with Crippen molar-refractivity contribution in [3.05, 3.63) is 96.1 Å². The predicted molar refractivity (Wildman–Crippen MR) is 120 cm³/mol. The first kappa shape index (κ1) is 21.1. The fraction of sp³-hybridized carbons (Fsp3) is 0.200. The van der Waals surface area contributed by atoms with E-state index in [9.17, 15) is 4.79 Å². The molecule has 3 aromatic rings. The van der Waals surface area contributed by atoms with E-state index in [1.807, 2.05) is 81.4 Å². The van der Waals surface area contributed by atoms with Crippen LogP contribution in [0, 0.1) is 0 Å². The minimum Gasteiger partial charge on any atom is -0.497 e. The fourth-order valence-electron chi connectivity index (χ4n) is 2.81. The number of nitrogens with zero attached hydrogens (tertiary/aromatic N) is 2. The first-order valence-electron chi connectivity index (χ1n) is 9.74. The Morgan fingerprint density at radius 1 is 0.800 bits per heavy atom. The van der Waals surface area contributed by atoms with Crippen LogP contribution in [0.15, 0.2) is 90.0 Å². The Morgan fingerprint density at radius 3 is 1.73 bits per heavy atom. The molecule has 0 radical (unpaired) electrons. The highest BCUT2D eigenvalue weighted by molar-refractivity contribution is 6.14. The topological polar surface area (TPSA) is 51.1 Å². The summed E-state index contributed by atoms with van der Waals surface area (Å²) in [6.45, 7) is 5.49. The van der Waals surface area contributed by atoms with Gasteiger partial charge in [0, 0.05) is 11.1 Å². The summed E-state index contributed by atoms with van der Waals surface area (Å²) in [6, 6.07) is 26.7. The number of carbonyl (C=O) groups excluding carboxylic acids is 1. The largest absolute Gasteiger partial charge is 0.497 e. The number of hydrogen-bond donors (Lipinski definition) is 0. The summed E-state index contributed by atoms with van der Waals surface area (Å²) in [7, 11) is 1.60. The van der Waals surface area contributed by atoms with Crippen molar-refractivity contribution in [3.63, 3.8) is 0 Å². The van der Waals surface area contributed by atoms with Crippen LogP contribution < -0.4 is 9.75 Å². The van der Waals surface area contributed by atoms with Crippen molar-refractivity contribution in [1.82, 2.24) is 0 Å². The monoisotopic (exact) mass is 402 g/mol. The van der Waals surface area contributed by atoms with Crippen LogP contribution in [-0.2, 0) is 4.74 Å². The molecule has 0 unspecified atom stereocenters. The van der Waals surface area contributed by atoms with Gasteiger partial charge in [0.15, 0.2) is 0 Å². The van der Waals surface area contributed by atoms with Crippen LogP contribution in [-0.4, -0.2) is 24.5 Å². The Bertz CT molecular complexity index is 951. The summed E-state index contributed by atoms with van der Waals surface area (Å²) in [6.07, 6.45) is -0.558. The minimum atomic E-state index is -0.656. The molecule has 5 nitrogen and oxygen atoms in total. The molecule has 3 rings (SSSR count). The van der Waals surface area contributed by atoms with Gasteiger partial charge in [-0.15, -0.1) is 0 Å². The second-order valence-electron chi connectivity index (χ2n) is 7.67. The zero-order chi connectivity index (χ0) is 21.6. The van der Waals surface area contributed by atoms with Crippen LogP contribution in [0.25, 0.3) is 0 Å². The molecule has 0 aromatic heterocycles. The number of ether oxygens (including phenoxy) is 2. The molecule has 0 aliphatic rings. The quantitative estimate of drug-likeness (QED) is 0.395. The van der Waals surface area contributed by atoms with Crippen molar-refractivity contribution in [3.8, 4) is 5.75 Å². The number of methoxy groups -OCH3 is 1. The predicted octanol–water partition coefficient (Wildman–Crippen LogP) is 5.89. The lowest BCUT2D eigenvalue weighted by molar-refractivity contribution is 0.0581. The average Bonchev–Trinajstić information content (AvgIpc) is 2.74. The Hall–Kier alpha value is -3.60. The molecular weight excluding hydrogens is 376 g/mol. The van der Waals surface area contributed by atoms with Gasteiger partial charge in [-0.3, -0.25) is 0 Å². The highest BCUT2D eigenvalue weighted by atomic mass is 16.6. The molecule has 0 N–H and O–H groups in total. The van der Waals surface area contributed by atoms with Crippen molar-refractivity contribution in [2.24, 2.45) is 5.10 Å². The number of amides is 1. The molecule has 0 bridgehead atoms. The number of hydrazone groups is 1. The summed E-state index contributed by atoms with van der Waals surface area (Å²) >= 11 is 0. The molecule has 1 amide bonds. The van der Waals surface area contributed by atoms with E-state index in [4.69, 9.17) is 14.6 Å². The van der Waals surface area contributed by atoms with Gasteiger partial charge in [0.05, 0.1) is 18.5 Å². The Morgan fingerprint density at radius 2 is 1.30 bits per heavy atom. The average molecular weight is 402 g/mol. The lowest BCUT2D eigenvalue weighted by atomic mass is 10.0. The molecule has 5 heteroatoms. The van der Waals surface area contributed by atoms with E-state index in [-0.39, 0.29) is 0 Å². The van der Waals surface area contributed by atoms with E-state index in [1.54, 1.807) is 31.4 Å². The molecule has 0 saturated carbocycles. The van der Waals surface area contributed by atoms with Gasteiger partial charge >= 0.3 is 6.09 Å². The van der Waals surface area contributed by atoms with Crippen molar-refractivity contribution in [1.29, 1.82) is 0 Å². The fourth-order valence-corrected chi connectivity index (χ4v) is 2.81. The first-order valence-corrected chi connectivity index (χ1v) is 9.74. The molecule has 0 heterocycles. The van der Waals surface area contributed by atoms with E-state index in [1.165, 1.54) is 5.01 Å². The smallest absolute Gasteiger partial charge is 0.435 e. The van der Waals surface area contributed by atoms with Crippen molar-refractivity contribution in [2.75, 3.05) is 12.1 Å². The second-order valence-corrected chi connectivity index (χ2v) is 7.67. The highest BCUT2D eigenvalue weighted by Crippen LogP contribution is 2.24. The summed E-state index contributed by atoms with van der Waals surface area (Å²) in [5, 5.41) is 6.05. The van der Waals surface area contributed by atoms with Crippen molar-refractivity contribution < 1.29 is 14.3 Å². The molecule has 0 aliphatic carbocycles. The Kier molecular flexibility index (Phi) is 6.52. The lowest BCUT2D eigenvalue weighted by Gasteiger charge is -2.25. The molecule has 0 aliphatic heterocycles. The Balaban J connectivity index is 2.13. The normalized spacial score (nSPS) is 10.8. The minimum absolute atomic E-state index is 0.558. The lowest BCUT2D eigenvalue weighted by Crippen LogP contribution is -2.34. The van der Waals surface area contributed by atoms with Gasteiger partial charge in [0.2, 0.25) is 0 Å². The standard InChI is InChI=1S/C25H26N2O3/c1-25(2,3)30-24(28)27(21-15-17-22(29-4)18-16-21)26-23(19-11-7-5-8-12-19)20-13-9-6-10-14-20/h5-18H,1-4H3. The molecular formula is C25H26N2O3. The number of anilines is 1. The van der Waals surface area contributed by atoms with Crippen LogP contribution in [0.1, 0.15) is 31.9 Å². The highest BCUT2D eigenvalue weighted by Gasteiger charge is 2.24. The molecule has 30 heavy (non-hydrogen) atoms. The number of hydrogen-bond acceptors (Lipinski definition) is 4. The van der Waals surface area contributed by atoms with Crippen LogP contribution in [0.3, 0.4) is 0 Å². The summed E-state index contributed by atoms with van der Waals surface area (Å²) in [5.74, 6) is 0.693. The first-order chi connectivity index (χ1) is 14.4. The third-order valence-corrected chi connectivity index (χ3v) is 4.18. The van der Waals surface area contributed by atoms with Gasteiger partial charge in [-0.1, -0.05) is 60.7 Å². The van der Waals surface area contributed by atoms with Gasteiger partial charge in [-0.2, -0.15) is 10.1 Å². The van der Waals surface area contributed by atoms with Crippen LogP contribution in [0.5, 0.6) is 5.75 Å². The maximum atomic E-state index is 13.1. The zero-order valence-electron chi connectivity index (χ0n) is 17.7. The number of benzene rings is 3. The van der Waals surface area contributed by atoms with Crippen LogP contribution in [0.2, 0.25) is 0 Å². The third-order valence-electron chi connectivity index (χ3n) is 4.18. The van der Waals surface area contributed by atoms with E-state index < -0.39 is 11.7 Å². The van der Waals surface area contributed by atoms with Gasteiger partial charge in [0.1, 0.15) is 11.4 Å². The van der Waals surface area contributed by atoms with Gasteiger partial charge in [-0.25, -0.2) is 4.79 Å². The second kappa shape index (κ2) is 9.27. The van der Waals surface area contributed by atoms with E-state index >= 15 is 0 Å². The number of carbonyl (C=O) groups is 1. The van der Waals surface area contributed by atoms with Gasteiger partial charge < -0.3 is 9.47 Å². The summed E-state index contributed by atoms with van der Waals surface area (Å²) < 4.78 is 10.9. The van der Waals surface area contributed by atoms with E-state index in [0.29, 0.717) is 17.1 Å². The molecule has 154 valence electrons. The SMILES string of the molecule is COc1ccc(N(N=C(c2ccccc2)c2ccccc2)C(=O)OC(C)(C)C)cc1. The van der Waals surface area contributed by atoms with Crippen molar-refractivity contribution >= 4 is 17.5 Å². The van der Waals surface area contributed by atoms with E-state index in [0.717, 1.165) is 11.1 Å².